The van der Waals surface area contributed by atoms with Gasteiger partial charge in [-0.3, -0.25) is 0 Å². The average molecular weight is 241 g/mol. The minimum absolute atomic E-state index is 0.392. The number of aliphatic hydroxyl groups is 1. The number of rotatable bonds is 8. The van der Waals surface area contributed by atoms with Gasteiger partial charge in [0.1, 0.15) is 0 Å². The highest BCUT2D eigenvalue weighted by molar-refractivity contribution is 4.81. The average Bonchev–Trinajstić information content (AvgIpc) is 2.30. The van der Waals surface area contributed by atoms with E-state index >= 15 is 0 Å². The van der Waals surface area contributed by atoms with Gasteiger partial charge >= 0.3 is 0 Å². The van der Waals surface area contributed by atoms with Crippen molar-refractivity contribution in [1.29, 1.82) is 0 Å². The van der Waals surface area contributed by atoms with Crippen molar-refractivity contribution in [2.45, 2.75) is 77.2 Å². The highest BCUT2D eigenvalue weighted by Gasteiger charge is 2.26. The van der Waals surface area contributed by atoms with E-state index in [9.17, 15) is 5.11 Å². The Hall–Kier alpha value is -0.0800. The van der Waals surface area contributed by atoms with Gasteiger partial charge in [0.15, 0.2) is 0 Å². The molecule has 0 aromatic carbocycles. The lowest BCUT2D eigenvalue weighted by molar-refractivity contribution is -0.00554. The molecule has 1 rings (SSSR count). The fraction of sp³-hybridized carbons (Fsp3) is 1.00. The van der Waals surface area contributed by atoms with Crippen molar-refractivity contribution < 1.29 is 5.11 Å². The lowest BCUT2D eigenvalue weighted by atomic mass is 9.94. The number of hydrogen-bond acceptors (Lipinski definition) is 2. The van der Waals surface area contributed by atoms with Crippen LogP contribution < -0.4 is 0 Å². The maximum Gasteiger partial charge on any atom is 0.0644 e. The molecule has 1 aliphatic heterocycles. The quantitative estimate of drug-likeness (QED) is 0.657. The number of likely N-dealkylation sites (tertiary alicyclic amines) is 1. The fourth-order valence-corrected chi connectivity index (χ4v) is 2.55. The number of nitrogens with zero attached hydrogens (tertiary/aromatic N) is 1. The predicted molar refractivity (Wildman–Crippen MR) is 74.3 cm³/mol. The van der Waals surface area contributed by atoms with Gasteiger partial charge in [0.05, 0.1) is 5.60 Å². The van der Waals surface area contributed by atoms with Gasteiger partial charge in [0, 0.05) is 13.1 Å². The van der Waals surface area contributed by atoms with Crippen molar-refractivity contribution in [3.05, 3.63) is 0 Å². The molecule has 2 heteroatoms. The molecule has 1 N–H and O–H groups in total. The molecule has 102 valence electrons. The zero-order chi connectivity index (χ0) is 12.6. The summed E-state index contributed by atoms with van der Waals surface area (Å²) in [5.74, 6) is 0. The fourth-order valence-electron chi connectivity index (χ4n) is 2.55. The molecule has 0 bridgehead atoms. The first-order valence-electron chi connectivity index (χ1n) is 7.59. The van der Waals surface area contributed by atoms with Crippen molar-refractivity contribution in [2.75, 3.05) is 19.6 Å². The molecule has 2 nitrogen and oxygen atoms in total. The summed E-state index contributed by atoms with van der Waals surface area (Å²) >= 11 is 0. The van der Waals surface area contributed by atoms with E-state index in [0.717, 1.165) is 25.9 Å². The second kappa shape index (κ2) is 8.10. The van der Waals surface area contributed by atoms with Crippen LogP contribution in [-0.2, 0) is 0 Å². The molecule has 1 saturated heterocycles. The molecule has 1 heterocycles. The molecule has 0 aliphatic carbocycles. The first kappa shape index (κ1) is 15.0. The highest BCUT2D eigenvalue weighted by Crippen LogP contribution is 2.21. The van der Waals surface area contributed by atoms with Crippen molar-refractivity contribution in [3.63, 3.8) is 0 Å². The van der Waals surface area contributed by atoms with Gasteiger partial charge in [0.2, 0.25) is 0 Å². The van der Waals surface area contributed by atoms with Crippen LogP contribution in [0.25, 0.3) is 0 Å². The van der Waals surface area contributed by atoms with Crippen LogP contribution in [0.5, 0.6) is 0 Å². The first-order chi connectivity index (χ1) is 8.14. The van der Waals surface area contributed by atoms with Crippen LogP contribution in [0.2, 0.25) is 0 Å². The number of piperidine rings is 1. The summed E-state index contributed by atoms with van der Waals surface area (Å²) in [5, 5.41) is 9.86. The molecule has 0 amide bonds. The Morgan fingerprint density at radius 1 is 0.941 bits per heavy atom. The third-order valence-corrected chi connectivity index (χ3v) is 4.01. The van der Waals surface area contributed by atoms with Crippen LogP contribution >= 0.6 is 0 Å². The van der Waals surface area contributed by atoms with Crippen LogP contribution in [0.1, 0.15) is 71.6 Å². The first-order valence-corrected chi connectivity index (χ1v) is 7.59. The Bertz CT molecular complexity index is 181. The Labute approximate surface area is 107 Å². The summed E-state index contributed by atoms with van der Waals surface area (Å²) in [7, 11) is 0. The van der Waals surface area contributed by atoms with E-state index in [1.807, 2.05) is 6.92 Å². The maximum atomic E-state index is 9.86. The van der Waals surface area contributed by atoms with Gasteiger partial charge in [-0.1, -0.05) is 45.4 Å². The molecule has 0 unspecified atom stereocenters. The monoisotopic (exact) mass is 241 g/mol. The molecule has 0 aromatic rings. The number of hydrogen-bond donors (Lipinski definition) is 1. The van der Waals surface area contributed by atoms with E-state index in [4.69, 9.17) is 0 Å². The minimum Gasteiger partial charge on any atom is -0.390 e. The summed E-state index contributed by atoms with van der Waals surface area (Å²) in [6, 6.07) is 0. The Morgan fingerprint density at radius 2 is 1.47 bits per heavy atom. The third-order valence-electron chi connectivity index (χ3n) is 4.01. The largest absolute Gasteiger partial charge is 0.390 e. The molecule has 0 atom stereocenters. The molecule has 0 saturated carbocycles. The molecule has 0 radical (unpaired) electrons. The summed E-state index contributed by atoms with van der Waals surface area (Å²) in [4.78, 5) is 2.52. The van der Waals surface area contributed by atoms with E-state index in [0.29, 0.717) is 0 Å². The van der Waals surface area contributed by atoms with Gasteiger partial charge in [-0.05, 0) is 32.7 Å². The van der Waals surface area contributed by atoms with E-state index in [1.165, 1.54) is 51.5 Å². The van der Waals surface area contributed by atoms with Crippen LogP contribution in [0, 0.1) is 0 Å². The van der Waals surface area contributed by atoms with Crippen LogP contribution in [0.3, 0.4) is 0 Å². The van der Waals surface area contributed by atoms with Crippen molar-refractivity contribution in [2.24, 2.45) is 0 Å². The van der Waals surface area contributed by atoms with E-state index < -0.39 is 5.60 Å². The van der Waals surface area contributed by atoms with E-state index in [2.05, 4.69) is 11.8 Å². The SMILES string of the molecule is CCCCCCCCCN1CCC(C)(O)CC1. The molecular formula is C15H31NO. The van der Waals surface area contributed by atoms with Gasteiger partial charge < -0.3 is 10.0 Å². The summed E-state index contributed by atoms with van der Waals surface area (Å²) < 4.78 is 0. The van der Waals surface area contributed by atoms with Gasteiger partial charge in [0.25, 0.3) is 0 Å². The zero-order valence-corrected chi connectivity index (χ0v) is 11.9. The normalized spacial score (nSPS) is 20.6. The Kier molecular flexibility index (Phi) is 7.14. The van der Waals surface area contributed by atoms with Gasteiger partial charge in [-0.2, -0.15) is 0 Å². The van der Waals surface area contributed by atoms with Crippen LogP contribution in [-0.4, -0.2) is 35.2 Å². The van der Waals surface area contributed by atoms with Crippen LogP contribution in [0.4, 0.5) is 0 Å². The Morgan fingerprint density at radius 3 is 2.06 bits per heavy atom. The summed E-state index contributed by atoms with van der Waals surface area (Å²) in [6.07, 6.45) is 11.6. The third kappa shape index (κ3) is 7.05. The standard InChI is InChI=1S/C15H31NO/c1-3-4-5-6-7-8-9-12-16-13-10-15(2,17)11-14-16/h17H,3-14H2,1-2H3. The summed E-state index contributed by atoms with van der Waals surface area (Å²) in [5.41, 5.74) is -0.392. The topological polar surface area (TPSA) is 23.5 Å². The van der Waals surface area contributed by atoms with Crippen molar-refractivity contribution >= 4 is 0 Å². The van der Waals surface area contributed by atoms with Gasteiger partial charge in [-0.25, -0.2) is 0 Å². The molecule has 0 aromatic heterocycles. The second-order valence-electron chi connectivity index (χ2n) is 5.96. The van der Waals surface area contributed by atoms with Crippen LogP contribution in [0.15, 0.2) is 0 Å². The second-order valence-corrected chi connectivity index (χ2v) is 5.96. The van der Waals surface area contributed by atoms with E-state index in [-0.39, 0.29) is 0 Å². The molecule has 0 spiro atoms. The lowest BCUT2D eigenvalue weighted by Crippen LogP contribution is -2.42. The number of unbranched alkanes of at least 4 members (excludes halogenated alkanes) is 6. The molecule has 1 aliphatic rings. The lowest BCUT2D eigenvalue weighted by Gasteiger charge is -2.35. The molecule has 17 heavy (non-hydrogen) atoms. The zero-order valence-electron chi connectivity index (χ0n) is 11.9. The maximum absolute atomic E-state index is 9.86. The molecular weight excluding hydrogens is 210 g/mol. The van der Waals surface area contributed by atoms with Crippen molar-refractivity contribution in [3.8, 4) is 0 Å². The Balaban J connectivity index is 1.90. The minimum atomic E-state index is -0.392. The predicted octanol–water partition coefficient (Wildman–Crippen LogP) is 3.58. The highest BCUT2D eigenvalue weighted by atomic mass is 16.3. The molecule has 1 fully saturated rings. The van der Waals surface area contributed by atoms with Crippen molar-refractivity contribution in [1.82, 2.24) is 4.90 Å². The summed E-state index contributed by atoms with van der Waals surface area (Å²) in [6.45, 7) is 7.65. The van der Waals surface area contributed by atoms with Gasteiger partial charge in [-0.15, -0.1) is 0 Å². The smallest absolute Gasteiger partial charge is 0.0644 e. The van der Waals surface area contributed by atoms with E-state index in [1.54, 1.807) is 0 Å².